The van der Waals surface area contributed by atoms with Gasteiger partial charge in [0.15, 0.2) is 0 Å². The number of aliphatic hydroxyl groups excluding tert-OH is 1. The average molecular weight is 292 g/mol. The Balaban J connectivity index is 2.44. The van der Waals surface area contributed by atoms with Crippen molar-refractivity contribution >= 4 is 5.91 Å². The van der Waals surface area contributed by atoms with Crippen molar-refractivity contribution in [1.29, 1.82) is 0 Å². The Kier molecular flexibility index (Phi) is 4.20. The van der Waals surface area contributed by atoms with Crippen LogP contribution in [-0.4, -0.2) is 34.1 Å². The molecule has 1 aliphatic rings. The van der Waals surface area contributed by atoms with Crippen molar-refractivity contribution in [3.8, 4) is 0 Å². The lowest BCUT2D eigenvalue weighted by Crippen LogP contribution is -2.35. The van der Waals surface area contributed by atoms with Gasteiger partial charge >= 0.3 is 0 Å². The number of hydrogen-bond acceptors (Lipinski definition) is 2. The number of rotatable bonds is 3. The zero-order chi connectivity index (χ0) is 15.9. The van der Waals surface area contributed by atoms with Gasteiger partial charge in [-0.3, -0.25) is 4.79 Å². The molecule has 0 aromatic carbocycles. The molecule has 0 bridgehead atoms. The van der Waals surface area contributed by atoms with Crippen molar-refractivity contribution in [2.24, 2.45) is 5.41 Å². The highest BCUT2D eigenvalue weighted by atomic mass is 16.3. The molecule has 1 aromatic heterocycles. The molecule has 2 atom stereocenters. The first-order chi connectivity index (χ1) is 9.68. The number of aliphatic hydroxyl groups is 1. The van der Waals surface area contributed by atoms with Gasteiger partial charge in [0.1, 0.15) is 6.04 Å². The smallest absolute Gasteiger partial charge is 0.245 e. The summed E-state index contributed by atoms with van der Waals surface area (Å²) in [6.07, 6.45) is 1.26. The van der Waals surface area contributed by atoms with Gasteiger partial charge in [0.25, 0.3) is 0 Å². The van der Waals surface area contributed by atoms with Crippen LogP contribution in [0.15, 0.2) is 6.07 Å². The second kappa shape index (κ2) is 5.48. The quantitative estimate of drug-likeness (QED) is 0.931. The maximum Gasteiger partial charge on any atom is 0.245 e. The van der Waals surface area contributed by atoms with Gasteiger partial charge in [-0.2, -0.15) is 0 Å². The molecule has 0 radical (unpaired) electrons. The Hall–Kier alpha value is -1.29. The van der Waals surface area contributed by atoms with Gasteiger partial charge in [-0.25, -0.2) is 0 Å². The Morgan fingerprint density at radius 3 is 2.76 bits per heavy atom. The summed E-state index contributed by atoms with van der Waals surface area (Å²) in [6.45, 7) is 11.0. The molecule has 4 nitrogen and oxygen atoms in total. The number of carbonyl (C=O) groups excluding carboxylic acids is 1. The fourth-order valence-corrected chi connectivity index (χ4v) is 3.49. The van der Waals surface area contributed by atoms with Crippen molar-refractivity contribution < 1.29 is 9.90 Å². The number of aryl methyl sites for hydroxylation is 1. The third kappa shape index (κ3) is 2.86. The zero-order valence-electron chi connectivity index (χ0n) is 14.1. The van der Waals surface area contributed by atoms with Crippen molar-refractivity contribution in [3.63, 3.8) is 0 Å². The van der Waals surface area contributed by atoms with E-state index in [0.29, 0.717) is 6.54 Å². The molecule has 0 saturated carbocycles. The van der Waals surface area contributed by atoms with Crippen LogP contribution in [0.25, 0.3) is 0 Å². The molecule has 21 heavy (non-hydrogen) atoms. The summed E-state index contributed by atoms with van der Waals surface area (Å²) in [5.74, 6) is 0.122. The van der Waals surface area contributed by atoms with Gasteiger partial charge < -0.3 is 14.6 Å². The van der Waals surface area contributed by atoms with E-state index in [-0.39, 0.29) is 17.4 Å². The van der Waals surface area contributed by atoms with Crippen LogP contribution >= 0.6 is 0 Å². The molecular weight excluding hydrogens is 264 g/mol. The highest BCUT2D eigenvalue weighted by Gasteiger charge is 2.35. The normalized spacial score (nSPS) is 21.8. The van der Waals surface area contributed by atoms with Crippen molar-refractivity contribution in [1.82, 2.24) is 9.47 Å². The Morgan fingerprint density at radius 2 is 2.19 bits per heavy atom. The Labute approximate surface area is 127 Å². The molecule has 1 aliphatic carbocycles. The lowest BCUT2D eigenvalue weighted by molar-refractivity contribution is -0.132. The number of amides is 1. The predicted molar refractivity (Wildman–Crippen MR) is 84.3 cm³/mol. The van der Waals surface area contributed by atoms with Gasteiger partial charge in [-0.15, -0.1) is 0 Å². The summed E-state index contributed by atoms with van der Waals surface area (Å²) in [6, 6.07) is 1.82. The fourth-order valence-electron chi connectivity index (χ4n) is 3.49. The van der Waals surface area contributed by atoms with Crippen LogP contribution in [0.2, 0.25) is 0 Å². The third-order valence-electron chi connectivity index (χ3n) is 4.71. The molecule has 1 amide bonds. The molecule has 0 spiro atoms. The molecule has 118 valence electrons. The number of fused-ring (bicyclic) bond motifs is 1. The molecule has 0 saturated heterocycles. The number of hydrogen-bond donors (Lipinski definition) is 1. The SMILES string of the molecule is CCN(C)C(=O)C(C)n1c(C)cc2c1CC(C)(C)CC2O. The van der Waals surface area contributed by atoms with Gasteiger partial charge in [-0.1, -0.05) is 13.8 Å². The maximum atomic E-state index is 12.5. The van der Waals surface area contributed by atoms with E-state index in [2.05, 4.69) is 18.4 Å². The van der Waals surface area contributed by atoms with E-state index >= 15 is 0 Å². The average Bonchev–Trinajstić information content (AvgIpc) is 2.71. The van der Waals surface area contributed by atoms with Crippen LogP contribution in [0.3, 0.4) is 0 Å². The molecule has 1 N–H and O–H groups in total. The first kappa shape index (κ1) is 16.1. The van der Waals surface area contributed by atoms with Crippen LogP contribution < -0.4 is 0 Å². The molecule has 1 aromatic rings. The summed E-state index contributed by atoms with van der Waals surface area (Å²) in [5.41, 5.74) is 3.25. The fraction of sp³-hybridized carbons (Fsp3) is 0.706. The highest BCUT2D eigenvalue weighted by molar-refractivity contribution is 5.80. The van der Waals surface area contributed by atoms with E-state index < -0.39 is 6.10 Å². The molecule has 2 rings (SSSR count). The first-order valence-corrected chi connectivity index (χ1v) is 7.81. The number of nitrogens with zero attached hydrogens (tertiary/aromatic N) is 2. The van der Waals surface area contributed by atoms with Crippen molar-refractivity contribution in [2.75, 3.05) is 13.6 Å². The molecule has 2 unspecified atom stereocenters. The predicted octanol–water partition coefficient (Wildman–Crippen LogP) is 2.84. The Morgan fingerprint density at radius 1 is 1.57 bits per heavy atom. The highest BCUT2D eigenvalue weighted by Crippen LogP contribution is 2.42. The van der Waals surface area contributed by atoms with Crippen LogP contribution in [0.1, 0.15) is 63.2 Å². The largest absolute Gasteiger partial charge is 0.388 e. The second-order valence-electron chi connectivity index (χ2n) is 7.15. The minimum atomic E-state index is -0.421. The van der Waals surface area contributed by atoms with E-state index in [4.69, 9.17) is 0 Å². The van der Waals surface area contributed by atoms with Crippen molar-refractivity contribution in [2.45, 2.75) is 59.6 Å². The minimum Gasteiger partial charge on any atom is -0.388 e. The molecule has 0 aliphatic heterocycles. The van der Waals surface area contributed by atoms with Crippen LogP contribution in [0.5, 0.6) is 0 Å². The van der Waals surface area contributed by atoms with Crippen molar-refractivity contribution in [3.05, 3.63) is 23.0 Å². The van der Waals surface area contributed by atoms with Gasteiger partial charge in [0.05, 0.1) is 6.10 Å². The monoisotopic (exact) mass is 292 g/mol. The van der Waals surface area contributed by atoms with Crippen LogP contribution in [0.4, 0.5) is 0 Å². The summed E-state index contributed by atoms with van der Waals surface area (Å²) in [4.78, 5) is 14.2. The zero-order valence-corrected chi connectivity index (χ0v) is 14.1. The van der Waals surface area contributed by atoms with E-state index in [1.807, 2.05) is 33.9 Å². The van der Waals surface area contributed by atoms with Crippen LogP contribution in [-0.2, 0) is 11.2 Å². The van der Waals surface area contributed by atoms with E-state index in [0.717, 1.165) is 29.8 Å². The van der Waals surface area contributed by atoms with Gasteiger partial charge in [0, 0.05) is 30.5 Å². The summed E-state index contributed by atoms with van der Waals surface area (Å²) in [5, 5.41) is 10.4. The molecular formula is C17H28N2O2. The number of carbonyl (C=O) groups is 1. The minimum absolute atomic E-state index is 0.0639. The third-order valence-corrected chi connectivity index (χ3v) is 4.71. The molecule has 1 heterocycles. The lowest BCUT2D eigenvalue weighted by Gasteiger charge is -2.35. The number of aromatic nitrogens is 1. The maximum absolute atomic E-state index is 12.5. The summed E-state index contributed by atoms with van der Waals surface area (Å²) in [7, 11) is 1.84. The van der Waals surface area contributed by atoms with E-state index in [9.17, 15) is 9.90 Å². The van der Waals surface area contributed by atoms with Crippen LogP contribution in [0, 0.1) is 12.3 Å². The lowest BCUT2D eigenvalue weighted by atomic mass is 9.75. The van der Waals surface area contributed by atoms with Gasteiger partial charge in [-0.05, 0) is 45.1 Å². The standard InChI is InChI=1S/C17H28N2O2/c1-7-18(6)16(21)12(3)19-11(2)8-13-14(19)9-17(4,5)10-15(13)20/h8,12,15,20H,7,9-10H2,1-6H3. The Bertz CT molecular complexity index is 545. The topological polar surface area (TPSA) is 45.5 Å². The second-order valence-corrected chi connectivity index (χ2v) is 7.15. The summed E-state index contributed by atoms with van der Waals surface area (Å²) < 4.78 is 2.12. The van der Waals surface area contributed by atoms with E-state index in [1.165, 1.54) is 0 Å². The summed E-state index contributed by atoms with van der Waals surface area (Å²) >= 11 is 0. The molecule has 4 heteroatoms. The first-order valence-electron chi connectivity index (χ1n) is 7.81. The number of likely N-dealkylation sites (N-methyl/N-ethyl adjacent to an activating group) is 1. The van der Waals surface area contributed by atoms with E-state index in [1.54, 1.807) is 4.90 Å². The molecule has 0 fully saturated rings. The van der Waals surface area contributed by atoms with Gasteiger partial charge in [0.2, 0.25) is 5.91 Å².